The molecule has 0 bridgehead atoms. The molecule has 6 nitrogen and oxygen atoms in total. The van der Waals surface area contributed by atoms with E-state index < -0.39 is 30.1 Å². The zero-order chi connectivity index (χ0) is 23.0. The van der Waals surface area contributed by atoms with Crippen molar-refractivity contribution in [1.82, 2.24) is 4.90 Å². The number of halogens is 3. The van der Waals surface area contributed by atoms with Gasteiger partial charge in [-0.05, 0) is 51.1 Å². The van der Waals surface area contributed by atoms with Crippen LogP contribution in [0.25, 0.3) is 0 Å². The Morgan fingerprint density at radius 1 is 0.968 bits per heavy atom. The number of carbonyl (C=O) groups is 2. The fourth-order valence-corrected chi connectivity index (χ4v) is 2.90. The van der Waals surface area contributed by atoms with E-state index in [1.54, 1.807) is 26.0 Å². The number of carbonyl (C=O) groups excluding carboxylic acids is 2. The second-order valence-corrected chi connectivity index (χ2v) is 6.44. The molecule has 2 rings (SSSR count). The molecule has 0 saturated heterocycles. The second-order valence-electron chi connectivity index (χ2n) is 6.44. The van der Waals surface area contributed by atoms with Crippen LogP contribution in [0.4, 0.5) is 18.9 Å². The zero-order valence-corrected chi connectivity index (χ0v) is 17.6. The first-order chi connectivity index (χ1) is 14.7. The van der Waals surface area contributed by atoms with E-state index in [-0.39, 0.29) is 17.8 Å². The fourth-order valence-electron chi connectivity index (χ4n) is 2.90. The Morgan fingerprint density at radius 3 is 2.23 bits per heavy atom. The summed E-state index contributed by atoms with van der Waals surface area (Å²) in [5.74, 6) is -0.297. The van der Waals surface area contributed by atoms with E-state index in [0.717, 1.165) is 6.07 Å². The molecule has 168 valence electrons. The molecule has 31 heavy (non-hydrogen) atoms. The average molecular weight is 438 g/mol. The molecule has 0 heterocycles. The third-order valence-corrected chi connectivity index (χ3v) is 4.30. The summed E-state index contributed by atoms with van der Waals surface area (Å²) in [4.78, 5) is 26.5. The Hall–Kier alpha value is -3.23. The first-order valence-corrected chi connectivity index (χ1v) is 9.86. The first kappa shape index (κ1) is 24.0. The lowest BCUT2D eigenvalue weighted by Crippen LogP contribution is -2.38. The van der Waals surface area contributed by atoms with Gasteiger partial charge in [-0.25, -0.2) is 0 Å². The Labute approximate surface area is 178 Å². The van der Waals surface area contributed by atoms with Crippen LogP contribution in [0.3, 0.4) is 0 Å². The standard InChI is InChI=1S/C22H25F3N2O4/c1-4-27(14-20(28)26-17-10-8-7-9-16(17)22(23,24)25)21(29)15-11-12-18(30-5-2)19(13-15)31-6-3/h7-13H,4-6,14H2,1-3H3,(H,26,28). The van der Waals surface area contributed by atoms with Crippen LogP contribution in [0.5, 0.6) is 11.5 Å². The lowest BCUT2D eigenvalue weighted by atomic mass is 10.1. The second kappa shape index (κ2) is 10.7. The van der Waals surface area contributed by atoms with Gasteiger partial charge in [-0.1, -0.05) is 12.1 Å². The summed E-state index contributed by atoms with van der Waals surface area (Å²) >= 11 is 0. The summed E-state index contributed by atoms with van der Waals surface area (Å²) in [6.07, 6.45) is -4.61. The lowest BCUT2D eigenvalue weighted by molar-refractivity contribution is -0.137. The summed E-state index contributed by atoms with van der Waals surface area (Å²) in [6.45, 7) is 5.87. The third kappa shape index (κ3) is 6.37. The highest BCUT2D eigenvalue weighted by atomic mass is 19.4. The van der Waals surface area contributed by atoms with Crippen molar-refractivity contribution in [2.24, 2.45) is 0 Å². The summed E-state index contributed by atoms with van der Waals surface area (Å²) < 4.78 is 50.4. The number of likely N-dealkylation sites (N-methyl/N-ethyl adjacent to an activating group) is 1. The highest BCUT2D eigenvalue weighted by molar-refractivity contribution is 6.00. The number of hydrogen-bond acceptors (Lipinski definition) is 4. The van der Waals surface area contributed by atoms with Gasteiger partial charge in [-0.3, -0.25) is 9.59 Å². The molecule has 2 amide bonds. The molecular formula is C22H25F3N2O4. The van der Waals surface area contributed by atoms with Crippen molar-refractivity contribution in [2.45, 2.75) is 26.9 Å². The number of nitrogens with zero attached hydrogens (tertiary/aromatic N) is 1. The van der Waals surface area contributed by atoms with Crippen molar-refractivity contribution in [3.63, 3.8) is 0 Å². The topological polar surface area (TPSA) is 67.9 Å². The molecule has 0 aliphatic rings. The fraction of sp³-hybridized carbons (Fsp3) is 0.364. The van der Waals surface area contributed by atoms with Crippen molar-refractivity contribution in [3.8, 4) is 11.5 Å². The van der Waals surface area contributed by atoms with Crippen molar-refractivity contribution in [3.05, 3.63) is 53.6 Å². The molecular weight excluding hydrogens is 413 g/mol. The molecule has 9 heteroatoms. The van der Waals surface area contributed by atoms with Crippen LogP contribution >= 0.6 is 0 Å². The Balaban J connectivity index is 2.17. The van der Waals surface area contributed by atoms with Gasteiger partial charge in [0.2, 0.25) is 5.91 Å². The molecule has 2 aromatic rings. The molecule has 0 unspecified atom stereocenters. The van der Waals surface area contributed by atoms with Crippen molar-refractivity contribution in [1.29, 1.82) is 0 Å². The van der Waals surface area contributed by atoms with Gasteiger partial charge >= 0.3 is 6.18 Å². The maximum absolute atomic E-state index is 13.1. The predicted molar refractivity (Wildman–Crippen MR) is 110 cm³/mol. The smallest absolute Gasteiger partial charge is 0.418 e. The van der Waals surface area contributed by atoms with Gasteiger partial charge in [0.05, 0.1) is 24.5 Å². The van der Waals surface area contributed by atoms with E-state index in [0.29, 0.717) is 24.7 Å². The molecule has 0 aliphatic carbocycles. The van der Waals surface area contributed by atoms with Crippen LogP contribution in [0, 0.1) is 0 Å². The van der Waals surface area contributed by atoms with Crippen LogP contribution in [-0.2, 0) is 11.0 Å². The SMILES string of the molecule is CCOc1ccc(C(=O)N(CC)CC(=O)Nc2ccccc2C(F)(F)F)cc1OCC. The van der Waals surface area contributed by atoms with Crippen molar-refractivity contribution in [2.75, 3.05) is 31.6 Å². The first-order valence-electron chi connectivity index (χ1n) is 9.86. The van der Waals surface area contributed by atoms with Gasteiger partial charge in [-0.2, -0.15) is 13.2 Å². The van der Waals surface area contributed by atoms with Crippen molar-refractivity contribution < 1.29 is 32.2 Å². The van der Waals surface area contributed by atoms with E-state index in [4.69, 9.17) is 9.47 Å². The van der Waals surface area contributed by atoms with E-state index in [1.807, 2.05) is 6.92 Å². The number of benzene rings is 2. The Bertz CT molecular complexity index is 916. The number of hydrogen-bond donors (Lipinski definition) is 1. The number of amides is 2. The molecule has 0 atom stereocenters. The summed E-state index contributed by atoms with van der Waals surface area (Å²) in [6, 6.07) is 9.36. The van der Waals surface area contributed by atoms with Gasteiger partial charge < -0.3 is 19.7 Å². The Kier molecular flexibility index (Phi) is 8.30. The molecule has 0 radical (unpaired) electrons. The lowest BCUT2D eigenvalue weighted by Gasteiger charge is -2.22. The largest absolute Gasteiger partial charge is 0.490 e. The molecule has 0 spiro atoms. The summed E-state index contributed by atoms with van der Waals surface area (Å²) in [7, 11) is 0. The monoisotopic (exact) mass is 438 g/mol. The highest BCUT2D eigenvalue weighted by Gasteiger charge is 2.33. The number of rotatable bonds is 9. The maximum Gasteiger partial charge on any atom is 0.418 e. The minimum Gasteiger partial charge on any atom is -0.490 e. The van der Waals surface area contributed by atoms with Gasteiger partial charge in [-0.15, -0.1) is 0 Å². The number of para-hydroxylation sites is 1. The maximum atomic E-state index is 13.1. The van der Waals surface area contributed by atoms with Crippen molar-refractivity contribution >= 4 is 17.5 Å². The minimum absolute atomic E-state index is 0.185. The normalized spacial score (nSPS) is 11.0. The Morgan fingerprint density at radius 2 is 1.61 bits per heavy atom. The molecule has 1 N–H and O–H groups in total. The van der Waals surface area contributed by atoms with E-state index in [2.05, 4.69) is 5.32 Å². The van der Waals surface area contributed by atoms with Gasteiger partial charge in [0, 0.05) is 12.1 Å². The van der Waals surface area contributed by atoms with Crippen LogP contribution in [0.2, 0.25) is 0 Å². The molecule has 0 fully saturated rings. The van der Waals surface area contributed by atoms with E-state index in [1.165, 1.54) is 29.2 Å². The van der Waals surface area contributed by atoms with Crippen LogP contribution in [0.15, 0.2) is 42.5 Å². The average Bonchev–Trinajstić information content (AvgIpc) is 2.72. The molecule has 0 aliphatic heterocycles. The van der Waals surface area contributed by atoms with E-state index in [9.17, 15) is 22.8 Å². The number of alkyl halides is 3. The van der Waals surface area contributed by atoms with Gasteiger partial charge in [0.15, 0.2) is 11.5 Å². The predicted octanol–water partition coefficient (Wildman–Crippen LogP) is 4.60. The van der Waals surface area contributed by atoms with E-state index >= 15 is 0 Å². The molecule has 2 aromatic carbocycles. The quantitative estimate of drug-likeness (QED) is 0.621. The minimum atomic E-state index is -4.61. The summed E-state index contributed by atoms with van der Waals surface area (Å²) in [5.41, 5.74) is -1.04. The third-order valence-electron chi connectivity index (χ3n) is 4.30. The van der Waals surface area contributed by atoms with Crippen LogP contribution in [0.1, 0.15) is 36.7 Å². The van der Waals surface area contributed by atoms with Crippen LogP contribution < -0.4 is 14.8 Å². The number of anilines is 1. The zero-order valence-electron chi connectivity index (χ0n) is 17.6. The van der Waals surface area contributed by atoms with Crippen LogP contribution in [-0.4, -0.2) is 43.0 Å². The number of ether oxygens (including phenoxy) is 2. The molecule has 0 aromatic heterocycles. The highest BCUT2D eigenvalue weighted by Crippen LogP contribution is 2.34. The van der Waals surface area contributed by atoms with Gasteiger partial charge in [0.1, 0.15) is 6.54 Å². The summed E-state index contributed by atoms with van der Waals surface area (Å²) in [5, 5.41) is 2.25. The number of nitrogens with one attached hydrogen (secondary N) is 1. The van der Waals surface area contributed by atoms with Gasteiger partial charge in [0.25, 0.3) is 5.91 Å². The molecule has 0 saturated carbocycles.